The maximum Gasteiger partial charge on any atom is 0.295 e. The Morgan fingerprint density at radius 3 is 3.00 bits per heavy atom. The molecule has 1 N–H and O–H groups in total. The molecule has 0 amide bonds. The maximum atomic E-state index is 5.56. The van der Waals surface area contributed by atoms with Crippen LogP contribution in [0.1, 0.15) is 19.4 Å². The van der Waals surface area contributed by atoms with Crippen LogP contribution in [0.5, 0.6) is 0 Å². The van der Waals surface area contributed by atoms with Gasteiger partial charge in [0.2, 0.25) is 0 Å². The van der Waals surface area contributed by atoms with E-state index in [-0.39, 0.29) is 0 Å². The number of hydrogen-bond donors (Lipinski definition) is 1. The van der Waals surface area contributed by atoms with Crippen molar-refractivity contribution in [3.05, 3.63) is 36.4 Å². The fourth-order valence-corrected chi connectivity index (χ4v) is 1.81. The molecular formula is C14H18N2O. The second-order valence-electron chi connectivity index (χ2n) is 4.59. The van der Waals surface area contributed by atoms with E-state index >= 15 is 0 Å². The Morgan fingerprint density at radius 2 is 2.29 bits per heavy atom. The molecule has 0 aliphatic carbocycles. The summed E-state index contributed by atoms with van der Waals surface area (Å²) in [5.41, 5.74) is 3.04. The molecule has 1 heterocycles. The number of benzene rings is 1. The van der Waals surface area contributed by atoms with Gasteiger partial charge in [-0.3, -0.25) is 0 Å². The first-order chi connectivity index (χ1) is 8.19. The number of anilines is 1. The quantitative estimate of drug-likeness (QED) is 0.797. The molecule has 0 radical (unpaired) electrons. The Labute approximate surface area is 102 Å². The zero-order valence-corrected chi connectivity index (χ0v) is 10.4. The van der Waals surface area contributed by atoms with Gasteiger partial charge in [0.25, 0.3) is 6.01 Å². The molecule has 0 fully saturated rings. The average Bonchev–Trinajstić information content (AvgIpc) is 2.67. The van der Waals surface area contributed by atoms with Gasteiger partial charge in [0.15, 0.2) is 5.58 Å². The number of aromatic nitrogens is 1. The molecule has 0 aliphatic heterocycles. The highest BCUT2D eigenvalue weighted by Crippen LogP contribution is 2.21. The molecule has 0 aliphatic rings. The van der Waals surface area contributed by atoms with Crippen molar-refractivity contribution in [1.82, 2.24) is 4.98 Å². The van der Waals surface area contributed by atoms with Gasteiger partial charge in [-0.25, -0.2) is 0 Å². The largest absolute Gasteiger partial charge is 0.424 e. The molecule has 3 heteroatoms. The van der Waals surface area contributed by atoms with E-state index in [1.54, 1.807) is 6.08 Å². The zero-order valence-electron chi connectivity index (χ0n) is 10.4. The second kappa shape index (κ2) is 5.04. The molecule has 0 saturated heterocycles. The van der Waals surface area contributed by atoms with Crippen LogP contribution < -0.4 is 5.32 Å². The highest BCUT2D eigenvalue weighted by atomic mass is 16.4. The van der Waals surface area contributed by atoms with E-state index in [2.05, 4.69) is 42.9 Å². The lowest BCUT2D eigenvalue weighted by atomic mass is 10.0. The molecular weight excluding hydrogens is 212 g/mol. The van der Waals surface area contributed by atoms with Crippen LogP contribution in [-0.4, -0.2) is 11.5 Å². The third kappa shape index (κ3) is 2.87. The van der Waals surface area contributed by atoms with Crippen LogP contribution in [0, 0.1) is 5.92 Å². The Hall–Kier alpha value is -1.77. The van der Waals surface area contributed by atoms with Crippen LogP contribution in [0.25, 0.3) is 11.1 Å². The van der Waals surface area contributed by atoms with Gasteiger partial charge in [-0.05, 0) is 30.0 Å². The predicted octanol–water partition coefficient (Wildman–Crippen LogP) is 3.62. The van der Waals surface area contributed by atoms with Crippen molar-refractivity contribution in [1.29, 1.82) is 0 Å². The van der Waals surface area contributed by atoms with E-state index in [0.717, 1.165) is 17.5 Å². The summed E-state index contributed by atoms with van der Waals surface area (Å²) in [5, 5.41) is 3.05. The number of nitrogens with zero attached hydrogens (tertiary/aromatic N) is 1. The molecule has 0 bridgehead atoms. The van der Waals surface area contributed by atoms with Crippen molar-refractivity contribution in [2.75, 3.05) is 11.9 Å². The van der Waals surface area contributed by atoms with E-state index in [4.69, 9.17) is 4.42 Å². The number of fused-ring (bicyclic) bond motifs is 1. The summed E-state index contributed by atoms with van der Waals surface area (Å²) in [6.07, 6.45) is 2.84. The van der Waals surface area contributed by atoms with Crippen molar-refractivity contribution in [3.8, 4) is 0 Å². The van der Waals surface area contributed by atoms with Gasteiger partial charge in [-0.1, -0.05) is 26.0 Å². The highest BCUT2D eigenvalue weighted by Gasteiger charge is 2.06. The molecule has 17 heavy (non-hydrogen) atoms. The number of oxazole rings is 1. The summed E-state index contributed by atoms with van der Waals surface area (Å²) in [7, 11) is 0. The van der Waals surface area contributed by atoms with Gasteiger partial charge >= 0.3 is 0 Å². The highest BCUT2D eigenvalue weighted by molar-refractivity contribution is 5.75. The van der Waals surface area contributed by atoms with Gasteiger partial charge in [-0.15, -0.1) is 6.58 Å². The fourth-order valence-electron chi connectivity index (χ4n) is 1.81. The van der Waals surface area contributed by atoms with Crippen LogP contribution in [0.2, 0.25) is 0 Å². The fraction of sp³-hybridized carbons (Fsp3) is 0.357. The predicted molar refractivity (Wildman–Crippen MR) is 71.2 cm³/mol. The molecule has 90 valence electrons. The van der Waals surface area contributed by atoms with Gasteiger partial charge in [0, 0.05) is 6.54 Å². The van der Waals surface area contributed by atoms with Crippen molar-refractivity contribution in [2.45, 2.75) is 20.3 Å². The number of nitrogens with one attached hydrogen (secondary N) is 1. The molecule has 2 aromatic rings. The molecule has 1 aromatic carbocycles. The van der Waals surface area contributed by atoms with Crippen LogP contribution in [-0.2, 0) is 6.42 Å². The van der Waals surface area contributed by atoms with E-state index < -0.39 is 0 Å². The number of rotatable bonds is 5. The van der Waals surface area contributed by atoms with Gasteiger partial charge in [-0.2, -0.15) is 4.98 Å². The van der Waals surface area contributed by atoms with Crippen molar-refractivity contribution < 1.29 is 4.42 Å². The normalized spacial score (nSPS) is 11.0. The summed E-state index contributed by atoms with van der Waals surface area (Å²) in [5.74, 6) is 0.651. The summed E-state index contributed by atoms with van der Waals surface area (Å²) >= 11 is 0. The smallest absolute Gasteiger partial charge is 0.295 e. The summed E-state index contributed by atoms with van der Waals surface area (Å²) in [6.45, 7) is 8.73. The summed E-state index contributed by atoms with van der Waals surface area (Å²) in [6, 6.07) is 6.74. The minimum atomic E-state index is 0.557. The van der Waals surface area contributed by atoms with Crippen molar-refractivity contribution >= 4 is 17.1 Å². The monoisotopic (exact) mass is 230 g/mol. The molecule has 2 rings (SSSR count). The van der Waals surface area contributed by atoms with Gasteiger partial charge in [0.05, 0.1) is 0 Å². The van der Waals surface area contributed by atoms with Crippen LogP contribution in [0.3, 0.4) is 0 Å². The summed E-state index contributed by atoms with van der Waals surface area (Å²) < 4.78 is 5.56. The Kier molecular flexibility index (Phi) is 3.47. The van der Waals surface area contributed by atoms with E-state index in [0.29, 0.717) is 18.5 Å². The van der Waals surface area contributed by atoms with E-state index in [1.165, 1.54) is 5.56 Å². The van der Waals surface area contributed by atoms with Crippen LogP contribution in [0.4, 0.5) is 6.01 Å². The van der Waals surface area contributed by atoms with Crippen molar-refractivity contribution in [2.24, 2.45) is 5.92 Å². The Morgan fingerprint density at radius 1 is 1.47 bits per heavy atom. The molecule has 0 saturated carbocycles. The van der Waals surface area contributed by atoms with Gasteiger partial charge < -0.3 is 9.73 Å². The standard InChI is InChI=1S/C14H18N2O/c1-4-7-15-14-16-12-9-11(8-10(2)3)5-6-13(12)17-14/h4-6,9-10H,1,7-8H2,2-3H3,(H,15,16). The molecule has 1 aromatic heterocycles. The first-order valence-electron chi connectivity index (χ1n) is 5.93. The Balaban J connectivity index is 2.24. The molecule has 3 nitrogen and oxygen atoms in total. The lowest BCUT2D eigenvalue weighted by Gasteiger charge is -2.03. The molecule has 0 unspecified atom stereocenters. The summed E-state index contributed by atoms with van der Waals surface area (Å²) in [4.78, 5) is 4.39. The third-order valence-electron chi connectivity index (χ3n) is 2.49. The minimum Gasteiger partial charge on any atom is -0.424 e. The lowest BCUT2D eigenvalue weighted by Crippen LogP contribution is -1.96. The molecule has 0 atom stereocenters. The second-order valence-corrected chi connectivity index (χ2v) is 4.59. The average molecular weight is 230 g/mol. The zero-order chi connectivity index (χ0) is 12.3. The third-order valence-corrected chi connectivity index (χ3v) is 2.49. The number of hydrogen-bond acceptors (Lipinski definition) is 3. The lowest BCUT2D eigenvalue weighted by molar-refractivity contribution is 0.617. The van der Waals surface area contributed by atoms with Crippen LogP contribution >= 0.6 is 0 Å². The SMILES string of the molecule is C=CCNc1nc2cc(CC(C)C)ccc2o1. The van der Waals surface area contributed by atoms with E-state index in [1.807, 2.05) is 6.07 Å². The first kappa shape index (κ1) is 11.7. The van der Waals surface area contributed by atoms with Crippen molar-refractivity contribution in [3.63, 3.8) is 0 Å². The van der Waals surface area contributed by atoms with Crippen LogP contribution in [0.15, 0.2) is 35.3 Å². The van der Waals surface area contributed by atoms with Gasteiger partial charge in [0.1, 0.15) is 5.52 Å². The molecule has 0 spiro atoms. The maximum absolute atomic E-state index is 5.56. The first-order valence-corrected chi connectivity index (χ1v) is 5.93. The Bertz CT molecular complexity index is 514. The topological polar surface area (TPSA) is 38.1 Å². The van der Waals surface area contributed by atoms with E-state index in [9.17, 15) is 0 Å². The minimum absolute atomic E-state index is 0.557.